The lowest BCUT2D eigenvalue weighted by atomic mass is 10.0. The van der Waals surface area contributed by atoms with Crippen molar-refractivity contribution in [3.05, 3.63) is 29.3 Å². The zero-order chi connectivity index (χ0) is 15.1. The van der Waals surface area contributed by atoms with Gasteiger partial charge in [-0.3, -0.25) is 4.79 Å². The standard InChI is InChI=1S/C15H23ClN2O2.ClH/c1-11(2)13(17)8-9-18(3)15(19)10-20-14-7-5-4-6-12(14)16;/h4-7,11,13H,8-10,17H2,1-3H3;1H. The number of nitrogens with two attached hydrogens (primary N) is 1. The van der Waals surface area contributed by atoms with Gasteiger partial charge in [0.2, 0.25) is 0 Å². The predicted octanol–water partition coefficient (Wildman–Crippen LogP) is 2.97. The zero-order valence-electron chi connectivity index (χ0n) is 12.7. The zero-order valence-corrected chi connectivity index (χ0v) is 14.3. The summed E-state index contributed by atoms with van der Waals surface area (Å²) in [5.74, 6) is 0.855. The van der Waals surface area contributed by atoms with E-state index in [-0.39, 0.29) is 31.0 Å². The molecule has 1 amide bonds. The summed E-state index contributed by atoms with van der Waals surface area (Å²) < 4.78 is 5.42. The molecular weight excluding hydrogens is 311 g/mol. The number of carbonyl (C=O) groups is 1. The second kappa shape index (κ2) is 9.87. The summed E-state index contributed by atoms with van der Waals surface area (Å²) in [7, 11) is 1.76. The van der Waals surface area contributed by atoms with Gasteiger partial charge in [0.1, 0.15) is 5.75 Å². The lowest BCUT2D eigenvalue weighted by Crippen LogP contribution is -2.36. The molecule has 6 heteroatoms. The Hall–Kier alpha value is -0.970. The van der Waals surface area contributed by atoms with E-state index in [1.165, 1.54) is 0 Å². The second-order valence-corrected chi connectivity index (χ2v) is 5.64. The third-order valence-electron chi connectivity index (χ3n) is 3.27. The van der Waals surface area contributed by atoms with Crippen LogP contribution < -0.4 is 10.5 Å². The lowest BCUT2D eigenvalue weighted by Gasteiger charge is -2.21. The molecule has 1 rings (SSSR count). The minimum Gasteiger partial charge on any atom is -0.482 e. The third-order valence-corrected chi connectivity index (χ3v) is 3.58. The number of nitrogens with zero attached hydrogens (tertiary/aromatic N) is 1. The molecular formula is C15H24Cl2N2O2. The van der Waals surface area contributed by atoms with Gasteiger partial charge < -0.3 is 15.4 Å². The molecule has 21 heavy (non-hydrogen) atoms. The van der Waals surface area contributed by atoms with E-state index in [0.717, 1.165) is 6.42 Å². The number of hydrogen-bond acceptors (Lipinski definition) is 3. The Bertz CT molecular complexity index is 441. The molecule has 4 nitrogen and oxygen atoms in total. The predicted molar refractivity (Wildman–Crippen MR) is 89.3 cm³/mol. The van der Waals surface area contributed by atoms with Gasteiger partial charge in [0.15, 0.2) is 6.61 Å². The Morgan fingerprint density at radius 3 is 2.57 bits per heavy atom. The number of likely N-dealkylation sites (N-methyl/N-ethyl adjacent to an activating group) is 1. The Morgan fingerprint density at radius 1 is 1.38 bits per heavy atom. The van der Waals surface area contributed by atoms with Crippen molar-refractivity contribution in [2.24, 2.45) is 11.7 Å². The molecule has 0 spiro atoms. The molecule has 0 heterocycles. The number of para-hydroxylation sites is 1. The first-order chi connectivity index (χ1) is 9.41. The summed E-state index contributed by atoms with van der Waals surface area (Å²) in [6.07, 6.45) is 0.784. The molecule has 0 aliphatic rings. The van der Waals surface area contributed by atoms with Crippen LogP contribution in [-0.4, -0.2) is 37.0 Å². The number of rotatable bonds is 7. The minimum absolute atomic E-state index is 0. The topological polar surface area (TPSA) is 55.6 Å². The van der Waals surface area contributed by atoms with Crippen LogP contribution in [0.5, 0.6) is 5.75 Å². The first-order valence-electron chi connectivity index (χ1n) is 6.78. The number of benzene rings is 1. The van der Waals surface area contributed by atoms with E-state index >= 15 is 0 Å². The van der Waals surface area contributed by atoms with Gasteiger partial charge in [0, 0.05) is 19.6 Å². The normalized spacial score (nSPS) is 11.7. The third kappa shape index (κ3) is 7.02. The van der Waals surface area contributed by atoms with Gasteiger partial charge in [0.25, 0.3) is 5.91 Å². The average molecular weight is 335 g/mol. The van der Waals surface area contributed by atoms with Gasteiger partial charge in [-0.05, 0) is 24.5 Å². The van der Waals surface area contributed by atoms with Gasteiger partial charge in [0.05, 0.1) is 5.02 Å². The van der Waals surface area contributed by atoms with E-state index < -0.39 is 0 Å². The fraction of sp³-hybridized carbons (Fsp3) is 0.533. The van der Waals surface area contributed by atoms with Crippen molar-refractivity contribution in [2.45, 2.75) is 26.3 Å². The Morgan fingerprint density at radius 2 is 2.00 bits per heavy atom. The monoisotopic (exact) mass is 334 g/mol. The fourth-order valence-corrected chi connectivity index (χ4v) is 1.80. The van der Waals surface area contributed by atoms with E-state index in [2.05, 4.69) is 13.8 Å². The van der Waals surface area contributed by atoms with Crippen LogP contribution in [0.3, 0.4) is 0 Å². The number of carbonyl (C=O) groups excluding carboxylic acids is 1. The SMILES string of the molecule is CC(C)C(N)CCN(C)C(=O)COc1ccccc1Cl.Cl. The quantitative estimate of drug-likeness (QED) is 0.833. The summed E-state index contributed by atoms with van der Waals surface area (Å²) in [5.41, 5.74) is 5.96. The molecule has 0 saturated heterocycles. The number of amides is 1. The van der Waals surface area contributed by atoms with Crippen LogP contribution in [0.1, 0.15) is 20.3 Å². The molecule has 1 unspecified atom stereocenters. The van der Waals surface area contributed by atoms with Gasteiger partial charge in [-0.15, -0.1) is 12.4 Å². The highest BCUT2D eigenvalue weighted by atomic mass is 35.5. The largest absolute Gasteiger partial charge is 0.482 e. The van der Waals surface area contributed by atoms with Crippen LogP contribution >= 0.6 is 24.0 Å². The van der Waals surface area contributed by atoms with E-state index in [9.17, 15) is 4.79 Å². The molecule has 1 aromatic rings. The first kappa shape index (κ1) is 20.0. The maximum absolute atomic E-state index is 11.9. The Kier molecular flexibility index (Phi) is 9.42. The molecule has 1 atom stereocenters. The van der Waals surface area contributed by atoms with Crippen molar-refractivity contribution in [3.8, 4) is 5.75 Å². The van der Waals surface area contributed by atoms with Crippen molar-refractivity contribution >= 4 is 29.9 Å². The Balaban J connectivity index is 0.00000400. The molecule has 0 aliphatic carbocycles. The molecule has 0 saturated carbocycles. The van der Waals surface area contributed by atoms with E-state index in [1.54, 1.807) is 24.1 Å². The summed E-state index contributed by atoms with van der Waals surface area (Å²) in [6.45, 7) is 4.77. The van der Waals surface area contributed by atoms with E-state index in [1.807, 2.05) is 12.1 Å². The molecule has 1 aromatic carbocycles. The maximum atomic E-state index is 11.9. The smallest absolute Gasteiger partial charge is 0.260 e. The van der Waals surface area contributed by atoms with Gasteiger partial charge in [-0.2, -0.15) is 0 Å². The summed E-state index contributed by atoms with van der Waals surface area (Å²) in [4.78, 5) is 13.6. The number of hydrogen-bond donors (Lipinski definition) is 1. The molecule has 0 radical (unpaired) electrons. The van der Waals surface area contributed by atoms with Crippen molar-refractivity contribution in [1.82, 2.24) is 4.90 Å². The number of ether oxygens (including phenoxy) is 1. The van der Waals surface area contributed by atoms with Gasteiger partial charge >= 0.3 is 0 Å². The summed E-state index contributed by atoms with van der Waals surface area (Å²) >= 11 is 5.96. The molecule has 120 valence electrons. The van der Waals surface area contributed by atoms with Crippen molar-refractivity contribution in [3.63, 3.8) is 0 Å². The highest BCUT2D eigenvalue weighted by Crippen LogP contribution is 2.22. The lowest BCUT2D eigenvalue weighted by molar-refractivity contribution is -0.132. The minimum atomic E-state index is -0.0825. The fourth-order valence-electron chi connectivity index (χ4n) is 1.61. The molecule has 2 N–H and O–H groups in total. The van der Waals surface area contributed by atoms with Gasteiger partial charge in [-0.1, -0.05) is 37.6 Å². The summed E-state index contributed by atoms with van der Waals surface area (Å²) in [6, 6.07) is 7.21. The van der Waals surface area contributed by atoms with Crippen LogP contribution in [0.15, 0.2) is 24.3 Å². The Labute approximate surface area is 138 Å². The molecule has 0 fully saturated rings. The van der Waals surface area contributed by atoms with Crippen molar-refractivity contribution in [2.75, 3.05) is 20.2 Å². The number of halogens is 2. The highest BCUT2D eigenvalue weighted by molar-refractivity contribution is 6.32. The van der Waals surface area contributed by atoms with Crippen molar-refractivity contribution < 1.29 is 9.53 Å². The van der Waals surface area contributed by atoms with Gasteiger partial charge in [-0.25, -0.2) is 0 Å². The van der Waals surface area contributed by atoms with E-state index in [0.29, 0.717) is 23.2 Å². The second-order valence-electron chi connectivity index (χ2n) is 5.23. The highest BCUT2D eigenvalue weighted by Gasteiger charge is 2.13. The molecule has 0 aromatic heterocycles. The summed E-state index contributed by atoms with van der Waals surface area (Å²) in [5, 5.41) is 0.504. The van der Waals surface area contributed by atoms with Crippen LogP contribution in [0.25, 0.3) is 0 Å². The first-order valence-corrected chi connectivity index (χ1v) is 7.16. The van der Waals surface area contributed by atoms with Crippen LogP contribution in [0.2, 0.25) is 5.02 Å². The van der Waals surface area contributed by atoms with Crippen LogP contribution in [0.4, 0.5) is 0 Å². The molecule has 0 bridgehead atoms. The van der Waals surface area contributed by atoms with Crippen molar-refractivity contribution in [1.29, 1.82) is 0 Å². The average Bonchev–Trinajstić information content (AvgIpc) is 2.42. The molecule has 0 aliphatic heterocycles. The maximum Gasteiger partial charge on any atom is 0.260 e. The van der Waals surface area contributed by atoms with E-state index in [4.69, 9.17) is 22.1 Å². The van der Waals surface area contributed by atoms with Crippen LogP contribution in [-0.2, 0) is 4.79 Å². The van der Waals surface area contributed by atoms with Crippen LogP contribution in [0, 0.1) is 5.92 Å².